The van der Waals surface area contributed by atoms with Gasteiger partial charge >= 0.3 is 0 Å². The minimum absolute atomic E-state index is 0.0696. The van der Waals surface area contributed by atoms with E-state index in [1.54, 1.807) is 6.92 Å². The van der Waals surface area contributed by atoms with Gasteiger partial charge in [-0.2, -0.15) is 0 Å². The number of hydrogen-bond acceptors (Lipinski definition) is 3. The second-order valence-electron chi connectivity index (χ2n) is 5.27. The van der Waals surface area contributed by atoms with Gasteiger partial charge in [-0.3, -0.25) is 9.69 Å². The quantitative estimate of drug-likeness (QED) is 0.796. The van der Waals surface area contributed by atoms with E-state index in [0.29, 0.717) is 6.61 Å². The number of hydrogen-bond donors (Lipinski definition) is 0. The van der Waals surface area contributed by atoms with Crippen LogP contribution in [0.15, 0.2) is 18.2 Å². The second-order valence-corrected chi connectivity index (χ2v) is 5.27. The van der Waals surface area contributed by atoms with E-state index < -0.39 is 17.7 Å². The summed E-state index contributed by atoms with van der Waals surface area (Å²) < 4.78 is 31.6. The van der Waals surface area contributed by atoms with Gasteiger partial charge in [-0.15, -0.1) is 0 Å². The third-order valence-corrected chi connectivity index (χ3v) is 4.05. The van der Waals surface area contributed by atoms with Gasteiger partial charge in [0.25, 0.3) is 0 Å². The van der Waals surface area contributed by atoms with Gasteiger partial charge in [0.15, 0.2) is 17.4 Å². The van der Waals surface area contributed by atoms with Crippen molar-refractivity contribution in [1.82, 2.24) is 4.90 Å². The molecule has 3 atom stereocenters. The van der Waals surface area contributed by atoms with Crippen LogP contribution in [-0.2, 0) is 4.74 Å². The van der Waals surface area contributed by atoms with E-state index in [2.05, 4.69) is 0 Å². The zero-order valence-corrected chi connectivity index (χ0v) is 11.9. The summed E-state index contributed by atoms with van der Waals surface area (Å²) in [6, 6.07) is 3.01. The van der Waals surface area contributed by atoms with Crippen LogP contribution in [0.3, 0.4) is 0 Å². The average Bonchev–Trinajstić information content (AvgIpc) is 2.85. The lowest BCUT2D eigenvalue weighted by Gasteiger charge is -2.31. The Morgan fingerprint density at radius 2 is 2.10 bits per heavy atom. The van der Waals surface area contributed by atoms with Crippen LogP contribution < -0.4 is 0 Å². The van der Waals surface area contributed by atoms with Crippen molar-refractivity contribution in [1.29, 1.82) is 0 Å². The Hall–Kier alpha value is -1.33. The second kappa shape index (κ2) is 5.97. The molecule has 1 heterocycles. The summed E-state index contributed by atoms with van der Waals surface area (Å²) in [6.45, 7) is 4.43. The fourth-order valence-corrected chi connectivity index (χ4v) is 2.62. The number of carbonyl (C=O) groups excluding carboxylic acids is 1. The van der Waals surface area contributed by atoms with Crippen molar-refractivity contribution in [2.45, 2.75) is 38.5 Å². The maximum Gasteiger partial charge on any atom is 0.179 e. The van der Waals surface area contributed by atoms with E-state index in [0.717, 1.165) is 18.6 Å². The van der Waals surface area contributed by atoms with Crippen LogP contribution in [-0.4, -0.2) is 42.5 Å². The molecule has 0 N–H and O–H groups in total. The molecule has 0 aliphatic carbocycles. The first-order valence-corrected chi connectivity index (χ1v) is 6.74. The smallest absolute Gasteiger partial charge is 0.179 e. The highest BCUT2D eigenvalue weighted by Crippen LogP contribution is 2.22. The summed E-state index contributed by atoms with van der Waals surface area (Å²) in [5.41, 5.74) is 0.190. The largest absolute Gasteiger partial charge is 0.377 e. The highest BCUT2D eigenvalue weighted by Gasteiger charge is 2.33. The predicted octanol–water partition coefficient (Wildman–Crippen LogP) is 2.65. The summed E-state index contributed by atoms with van der Waals surface area (Å²) in [7, 11) is 1.86. The Bertz CT molecular complexity index is 507. The van der Waals surface area contributed by atoms with E-state index in [9.17, 15) is 13.6 Å². The standard InChI is InChI=1S/C15H19F2NO2/c1-9(18(3)14-6-7-20-10(14)2)15(19)11-4-5-12(16)13(17)8-11/h4-5,8-10,14H,6-7H2,1-3H3. The number of nitrogens with zero attached hydrogens (tertiary/aromatic N) is 1. The SMILES string of the molecule is CC1OCCC1N(C)C(C)C(=O)c1ccc(F)c(F)c1. The number of Topliss-reactive ketones (excluding diaryl/α,β-unsaturated/α-hetero) is 1. The van der Waals surface area contributed by atoms with Crippen molar-refractivity contribution >= 4 is 5.78 Å². The molecule has 0 amide bonds. The van der Waals surface area contributed by atoms with Crippen molar-refractivity contribution in [3.05, 3.63) is 35.4 Å². The molecular formula is C15H19F2NO2. The molecule has 1 saturated heterocycles. The number of benzene rings is 1. The minimum Gasteiger partial charge on any atom is -0.377 e. The molecule has 2 rings (SSSR count). The third kappa shape index (κ3) is 2.88. The molecule has 0 spiro atoms. The summed E-state index contributed by atoms with van der Waals surface area (Å²) in [6.07, 6.45) is 0.938. The van der Waals surface area contributed by atoms with Gasteiger partial charge in [0.1, 0.15) is 0 Å². The van der Waals surface area contributed by atoms with E-state index in [1.165, 1.54) is 6.07 Å². The van der Waals surface area contributed by atoms with Crippen molar-refractivity contribution in [3.63, 3.8) is 0 Å². The van der Waals surface area contributed by atoms with Gasteiger partial charge in [0.05, 0.1) is 12.1 Å². The molecular weight excluding hydrogens is 264 g/mol. The van der Waals surface area contributed by atoms with Crippen molar-refractivity contribution in [2.24, 2.45) is 0 Å². The molecule has 20 heavy (non-hydrogen) atoms. The fourth-order valence-electron chi connectivity index (χ4n) is 2.62. The van der Waals surface area contributed by atoms with Gasteiger partial charge in [-0.25, -0.2) is 8.78 Å². The zero-order valence-electron chi connectivity index (χ0n) is 11.9. The first-order chi connectivity index (χ1) is 9.41. The molecule has 1 aliphatic rings. The predicted molar refractivity (Wildman–Crippen MR) is 71.7 cm³/mol. The molecule has 5 heteroatoms. The molecule has 0 saturated carbocycles. The normalized spacial score (nSPS) is 24.1. The molecule has 110 valence electrons. The van der Waals surface area contributed by atoms with Crippen LogP contribution in [0.4, 0.5) is 8.78 Å². The Balaban J connectivity index is 2.13. The summed E-state index contributed by atoms with van der Waals surface area (Å²) in [5.74, 6) is -2.16. The molecule has 0 bridgehead atoms. The van der Waals surface area contributed by atoms with Gasteiger partial charge in [-0.1, -0.05) is 0 Å². The Morgan fingerprint density at radius 3 is 2.65 bits per heavy atom. The van der Waals surface area contributed by atoms with Gasteiger partial charge < -0.3 is 4.74 Å². The number of rotatable bonds is 4. The molecule has 0 radical (unpaired) electrons. The first kappa shape index (κ1) is 15.1. The van der Waals surface area contributed by atoms with E-state index in [1.807, 2.05) is 18.9 Å². The van der Waals surface area contributed by atoms with Crippen molar-refractivity contribution in [3.8, 4) is 0 Å². The molecule has 3 unspecified atom stereocenters. The zero-order chi connectivity index (χ0) is 14.9. The average molecular weight is 283 g/mol. The Morgan fingerprint density at radius 1 is 1.40 bits per heavy atom. The van der Waals surface area contributed by atoms with Crippen LogP contribution in [0.1, 0.15) is 30.6 Å². The van der Waals surface area contributed by atoms with Crippen LogP contribution in [0, 0.1) is 11.6 Å². The molecule has 0 aromatic heterocycles. The summed E-state index contributed by atoms with van der Waals surface area (Å²) >= 11 is 0. The Labute approximate surface area is 117 Å². The van der Waals surface area contributed by atoms with Crippen molar-refractivity contribution in [2.75, 3.05) is 13.7 Å². The van der Waals surface area contributed by atoms with E-state index >= 15 is 0 Å². The molecule has 1 aromatic carbocycles. The van der Waals surface area contributed by atoms with Crippen molar-refractivity contribution < 1.29 is 18.3 Å². The van der Waals surface area contributed by atoms with Crippen LogP contribution in [0.5, 0.6) is 0 Å². The minimum atomic E-state index is -0.997. The highest BCUT2D eigenvalue weighted by atomic mass is 19.2. The first-order valence-electron chi connectivity index (χ1n) is 6.74. The lowest BCUT2D eigenvalue weighted by atomic mass is 10.0. The molecule has 1 fully saturated rings. The van der Waals surface area contributed by atoms with E-state index in [-0.39, 0.29) is 23.5 Å². The maximum absolute atomic E-state index is 13.2. The van der Waals surface area contributed by atoms with Gasteiger partial charge in [0, 0.05) is 18.2 Å². The van der Waals surface area contributed by atoms with Crippen LogP contribution in [0.25, 0.3) is 0 Å². The van der Waals surface area contributed by atoms with E-state index in [4.69, 9.17) is 4.74 Å². The number of carbonyl (C=O) groups is 1. The Kier molecular flexibility index (Phi) is 4.50. The maximum atomic E-state index is 13.2. The fraction of sp³-hybridized carbons (Fsp3) is 0.533. The number of halogens is 2. The van der Waals surface area contributed by atoms with Crippen LogP contribution in [0.2, 0.25) is 0 Å². The van der Waals surface area contributed by atoms with Gasteiger partial charge in [0.2, 0.25) is 0 Å². The number of ether oxygens (including phenoxy) is 1. The highest BCUT2D eigenvalue weighted by molar-refractivity contribution is 5.99. The molecule has 1 aliphatic heterocycles. The molecule has 1 aromatic rings. The lowest BCUT2D eigenvalue weighted by molar-refractivity contribution is 0.0605. The monoisotopic (exact) mass is 283 g/mol. The lowest BCUT2D eigenvalue weighted by Crippen LogP contribution is -2.46. The topological polar surface area (TPSA) is 29.5 Å². The van der Waals surface area contributed by atoms with Gasteiger partial charge in [-0.05, 0) is 45.5 Å². The number of likely N-dealkylation sites (N-methyl/N-ethyl adjacent to an activating group) is 1. The number of ketones is 1. The molecule has 3 nitrogen and oxygen atoms in total. The summed E-state index contributed by atoms with van der Waals surface area (Å²) in [4.78, 5) is 14.3. The third-order valence-electron chi connectivity index (χ3n) is 4.05. The van der Waals surface area contributed by atoms with Crippen LogP contribution >= 0.6 is 0 Å². The summed E-state index contributed by atoms with van der Waals surface area (Å²) in [5, 5.41) is 0.